The molecule has 62 heavy (non-hydrogen) atoms. The van der Waals surface area contributed by atoms with Crippen LogP contribution >= 0.6 is 7.82 Å². The smallest absolute Gasteiger partial charge is 0.462 e. The Morgan fingerprint density at radius 3 is 1.03 bits per heavy atom. The number of ether oxygens (including phenoxy) is 2. The van der Waals surface area contributed by atoms with Crippen LogP contribution in [0, 0.1) is 0 Å². The van der Waals surface area contributed by atoms with Crippen molar-refractivity contribution in [2.75, 3.05) is 13.2 Å². The van der Waals surface area contributed by atoms with Crippen LogP contribution in [0.5, 0.6) is 0 Å². The predicted molar refractivity (Wildman–Crippen MR) is 262 cm³/mol. The molecule has 0 aliphatic carbocycles. The molecule has 0 saturated heterocycles. The number of esters is 2. The fourth-order valence-corrected chi connectivity index (χ4v) is 8.32. The Kier molecular flexibility index (Phi) is 47.8. The molecule has 0 heterocycles. The summed E-state index contributed by atoms with van der Waals surface area (Å²) in [5.74, 6) is -0.908. The summed E-state index contributed by atoms with van der Waals surface area (Å²) in [5.41, 5.74) is 0. The summed E-state index contributed by atoms with van der Waals surface area (Å²) in [4.78, 5) is 43.1. The van der Waals surface area contributed by atoms with Gasteiger partial charge in [-0.2, -0.15) is 0 Å². The average molecular weight is 897 g/mol. The Hall–Kier alpha value is -1.47. The highest BCUT2D eigenvalue weighted by molar-refractivity contribution is 7.46. The fraction of sp³-hybridized carbons (Fsp3) is 0.887. The van der Waals surface area contributed by atoms with Crippen molar-refractivity contribution in [3.05, 3.63) is 24.3 Å². The Labute approximate surface area is 383 Å². The normalized spacial score (nSPS) is 12.5. The lowest BCUT2D eigenvalue weighted by molar-refractivity contribution is -0.161. The molecule has 8 nitrogen and oxygen atoms in total. The first-order valence-corrected chi connectivity index (χ1v) is 28.2. The fourth-order valence-electron chi connectivity index (χ4n) is 7.96. The summed E-state index contributed by atoms with van der Waals surface area (Å²) in [7, 11) is -4.77. The second kappa shape index (κ2) is 49.0. The summed E-state index contributed by atoms with van der Waals surface area (Å²) in [6, 6.07) is 0. The minimum absolute atomic E-state index is 0.168. The molecule has 1 atom stereocenters. The van der Waals surface area contributed by atoms with Crippen molar-refractivity contribution in [1.82, 2.24) is 0 Å². The molecule has 0 unspecified atom stereocenters. The lowest BCUT2D eigenvalue weighted by Crippen LogP contribution is -2.29. The van der Waals surface area contributed by atoms with Crippen LogP contribution in [0.3, 0.4) is 0 Å². The Bertz CT molecular complexity index is 1060. The summed E-state index contributed by atoms with van der Waals surface area (Å²) in [6.07, 6.45) is 59.3. The molecular weight excluding hydrogens is 796 g/mol. The molecule has 9 heteroatoms. The van der Waals surface area contributed by atoms with Crippen molar-refractivity contribution in [1.29, 1.82) is 0 Å². The molecule has 0 aliphatic rings. The first-order valence-electron chi connectivity index (χ1n) is 26.6. The zero-order chi connectivity index (χ0) is 45.3. The van der Waals surface area contributed by atoms with Gasteiger partial charge in [0.2, 0.25) is 0 Å². The molecule has 0 amide bonds. The van der Waals surface area contributed by atoms with E-state index in [1.807, 2.05) is 0 Å². The van der Waals surface area contributed by atoms with Gasteiger partial charge in [0.1, 0.15) is 6.61 Å². The SMILES string of the molecule is CCCCCCCC/C=C/CCCCCCCCCCCCCC(=O)OC[C@H](COP(=O)(O)O)OC(=O)CCC/C=C/CCCCCCCCCCCCCCCCCCCC. The van der Waals surface area contributed by atoms with E-state index in [1.165, 1.54) is 218 Å². The van der Waals surface area contributed by atoms with Crippen LogP contribution in [0.15, 0.2) is 24.3 Å². The third-order valence-corrected chi connectivity index (χ3v) is 12.4. The van der Waals surface area contributed by atoms with Gasteiger partial charge in [-0.1, -0.05) is 237 Å². The molecule has 0 radical (unpaired) electrons. The molecule has 0 aliphatic heterocycles. The van der Waals surface area contributed by atoms with Gasteiger partial charge >= 0.3 is 19.8 Å². The van der Waals surface area contributed by atoms with E-state index in [1.54, 1.807) is 0 Å². The van der Waals surface area contributed by atoms with Crippen LogP contribution in [0.2, 0.25) is 0 Å². The first kappa shape index (κ1) is 60.5. The third-order valence-electron chi connectivity index (χ3n) is 11.9. The standard InChI is InChI=1S/C53H101O8P/c1-3-5-7-9-11-13-15-17-19-21-23-25-26-28-30-32-34-36-38-40-42-44-46-48-53(55)61-51(50-60-62(56,57)58)49-59-52(54)47-45-43-41-39-37-35-33-31-29-27-24-22-20-18-16-14-12-10-8-6-4-2/h18,20,40,42,51H,3-17,19,21-39,41,43-50H2,1-2H3,(H2,56,57,58)/b20-18+,42-40+/t51-/m1/s1. The first-order chi connectivity index (χ1) is 30.3. The van der Waals surface area contributed by atoms with Crippen molar-refractivity contribution < 1.29 is 37.9 Å². The molecule has 0 bridgehead atoms. The van der Waals surface area contributed by atoms with Gasteiger partial charge in [-0.3, -0.25) is 14.1 Å². The van der Waals surface area contributed by atoms with Gasteiger partial charge in [0, 0.05) is 12.8 Å². The predicted octanol–water partition coefficient (Wildman–Crippen LogP) is 17.1. The number of allylic oxidation sites excluding steroid dienone is 4. The van der Waals surface area contributed by atoms with Crippen molar-refractivity contribution in [2.45, 2.75) is 290 Å². The zero-order valence-electron chi connectivity index (χ0n) is 40.8. The van der Waals surface area contributed by atoms with Crippen molar-refractivity contribution in [2.24, 2.45) is 0 Å². The molecule has 0 rings (SSSR count). The van der Waals surface area contributed by atoms with Gasteiger partial charge in [-0.15, -0.1) is 0 Å². The molecule has 0 spiro atoms. The molecule has 366 valence electrons. The highest BCUT2D eigenvalue weighted by Gasteiger charge is 2.23. The van der Waals surface area contributed by atoms with Gasteiger partial charge in [-0.25, -0.2) is 4.57 Å². The maximum atomic E-state index is 12.5. The van der Waals surface area contributed by atoms with Gasteiger partial charge in [0.25, 0.3) is 0 Å². The molecule has 0 aromatic carbocycles. The number of phosphoric acid groups is 1. The van der Waals surface area contributed by atoms with E-state index in [0.717, 1.165) is 32.1 Å². The summed E-state index contributed by atoms with van der Waals surface area (Å²) in [6.45, 7) is 3.71. The topological polar surface area (TPSA) is 119 Å². The molecule has 2 N–H and O–H groups in total. The molecular formula is C53H101O8P. The minimum Gasteiger partial charge on any atom is -0.462 e. The summed E-state index contributed by atoms with van der Waals surface area (Å²) >= 11 is 0. The number of hydrogen-bond donors (Lipinski definition) is 2. The number of carbonyl (C=O) groups is 2. The lowest BCUT2D eigenvalue weighted by atomic mass is 10.0. The van der Waals surface area contributed by atoms with Crippen LogP contribution in [0.25, 0.3) is 0 Å². The summed E-state index contributed by atoms with van der Waals surface area (Å²) < 4.78 is 26.5. The van der Waals surface area contributed by atoms with Crippen LogP contribution < -0.4 is 0 Å². The Balaban J connectivity index is 3.80. The van der Waals surface area contributed by atoms with Crippen molar-refractivity contribution >= 4 is 19.8 Å². The van der Waals surface area contributed by atoms with E-state index in [2.05, 4.69) is 42.7 Å². The van der Waals surface area contributed by atoms with Gasteiger partial charge in [0.15, 0.2) is 6.10 Å². The van der Waals surface area contributed by atoms with Crippen LogP contribution in [0.1, 0.15) is 284 Å². The van der Waals surface area contributed by atoms with E-state index in [0.29, 0.717) is 6.42 Å². The summed E-state index contributed by atoms with van der Waals surface area (Å²) in [5, 5.41) is 0. The number of phosphoric ester groups is 1. The maximum Gasteiger partial charge on any atom is 0.469 e. The van der Waals surface area contributed by atoms with Gasteiger partial charge in [-0.05, 0) is 57.8 Å². The van der Waals surface area contributed by atoms with Crippen molar-refractivity contribution in [3.63, 3.8) is 0 Å². The average Bonchev–Trinajstić information content (AvgIpc) is 3.25. The molecule has 0 aromatic heterocycles. The lowest BCUT2D eigenvalue weighted by Gasteiger charge is -2.18. The zero-order valence-corrected chi connectivity index (χ0v) is 41.7. The highest BCUT2D eigenvalue weighted by atomic mass is 31.2. The van der Waals surface area contributed by atoms with Crippen LogP contribution in [0.4, 0.5) is 0 Å². The second-order valence-corrected chi connectivity index (χ2v) is 19.4. The quantitative estimate of drug-likeness (QED) is 0.0268. The number of rotatable bonds is 50. The van der Waals surface area contributed by atoms with Crippen molar-refractivity contribution in [3.8, 4) is 0 Å². The van der Waals surface area contributed by atoms with E-state index in [-0.39, 0.29) is 19.4 Å². The molecule has 0 saturated carbocycles. The van der Waals surface area contributed by atoms with Gasteiger partial charge in [0.05, 0.1) is 6.61 Å². The second-order valence-electron chi connectivity index (χ2n) is 18.2. The highest BCUT2D eigenvalue weighted by Crippen LogP contribution is 2.36. The molecule has 0 aromatic rings. The van der Waals surface area contributed by atoms with Crippen LogP contribution in [-0.4, -0.2) is 41.0 Å². The van der Waals surface area contributed by atoms with E-state index >= 15 is 0 Å². The monoisotopic (exact) mass is 897 g/mol. The largest absolute Gasteiger partial charge is 0.469 e. The van der Waals surface area contributed by atoms with E-state index in [9.17, 15) is 14.2 Å². The Morgan fingerprint density at radius 1 is 0.403 bits per heavy atom. The van der Waals surface area contributed by atoms with E-state index < -0.39 is 32.5 Å². The Morgan fingerprint density at radius 2 is 0.694 bits per heavy atom. The number of hydrogen-bond acceptors (Lipinski definition) is 6. The third kappa shape index (κ3) is 51.2. The number of carbonyl (C=O) groups excluding carboxylic acids is 2. The van der Waals surface area contributed by atoms with Gasteiger partial charge < -0.3 is 19.3 Å². The minimum atomic E-state index is -4.77. The molecule has 0 fully saturated rings. The number of unbranched alkanes of at least 4 members (excludes halogenated alkanes) is 36. The maximum absolute atomic E-state index is 12.5. The van der Waals surface area contributed by atoms with E-state index in [4.69, 9.17) is 19.3 Å². The van der Waals surface area contributed by atoms with Crippen LogP contribution in [-0.2, 0) is 28.2 Å².